The maximum absolute atomic E-state index is 5.23. The maximum atomic E-state index is 5.23. The molecule has 0 spiro atoms. The van der Waals surface area contributed by atoms with Crippen LogP contribution < -0.4 is 5.32 Å². The fourth-order valence-corrected chi connectivity index (χ4v) is 3.17. The van der Waals surface area contributed by atoms with E-state index in [1.54, 1.807) is 0 Å². The number of ether oxygens (including phenoxy) is 1. The highest BCUT2D eigenvalue weighted by Gasteiger charge is 2.19. The van der Waals surface area contributed by atoms with Crippen LogP contribution in [0.3, 0.4) is 0 Å². The van der Waals surface area contributed by atoms with E-state index in [9.17, 15) is 0 Å². The molecule has 17 heavy (non-hydrogen) atoms. The lowest BCUT2D eigenvalue weighted by molar-refractivity contribution is 0.0996. The van der Waals surface area contributed by atoms with Crippen molar-refractivity contribution in [1.29, 1.82) is 0 Å². The molecule has 3 heteroatoms. The molecule has 1 N–H and O–H groups in total. The molecular weight excluding hydrogens is 212 g/mol. The van der Waals surface area contributed by atoms with Crippen LogP contribution in [-0.2, 0) is 4.74 Å². The Morgan fingerprint density at radius 3 is 2.47 bits per heavy atom. The summed E-state index contributed by atoms with van der Waals surface area (Å²) in [5, 5.41) is 3.70. The fraction of sp³-hybridized carbons (Fsp3) is 1.00. The zero-order chi connectivity index (χ0) is 11.9. The van der Waals surface area contributed by atoms with Crippen molar-refractivity contribution >= 4 is 0 Å². The lowest BCUT2D eigenvalue weighted by Crippen LogP contribution is -2.40. The van der Waals surface area contributed by atoms with Gasteiger partial charge in [-0.3, -0.25) is 0 Å². The van der Waals surface area contributed by atoms with Crippen LogP contribution in [0.2, 0.25) is 0 Å². The zero-order valence-electron chi connectivity index (χ0n) is 11.3. The quantitative estimate of drug-likeness (QED) is 0.767. The minimum absolute atomic E-state index is 0.805. The third-order valence-corrected chi connectivity index (χ3v) is 4.33. The van der Waals surface area contributed by atoms with Gasteiger partial charge in [-0.25, -0.2) is 0 Å². The summed E-state index contributed by atoms with van der Waals surface area (Å²) in [6, 6.07) is 0.820. The van der Waals surface area contributed by atoms with Crippen LogP contribution in [0.5, 0.6) is 0 Å². The SMILES string of the molecule is COCC1CCN(CCNC2CCCC2)CC1. The van der Waals surface area contributed by atoms with E-state index in [4.69, 9.17) is 4.74 Å². The first-order valence-electron chi connectivity index (χ1n) is 7.33. The molecule has 2 fully saturated rings. The summed E-state index contributed by atoms with van der Waals surface area (Å²) >= 11 is 0. The van der Waals surface area contributed by atoms with Crippen molar-refractivity contribution in [1.82, 2.24) is 10.2 Å². The van der Waals surface area contributed by atoms with Crippen LogP contribution >= 0.6 is 0 Å². The minimum Gasteiger partial charge on any atom is -0.384 e. The van der Waals surface area contributed by atoms with E-state index in [0.29, 0.717) is 0 Å². The first-order chi connectivity index (χ1) is 8.38. The van der Waals surface area contributed by atoms with Gasteiger partial charge in [0.15, 0.2) is 0 Å². The minimum atomic E-state index is 0.805. The van der Waals surface area contributed by atoms with Gasteiger partial charge < -0.3 is 15.0 Å². The number of hydrogen-bond donors (Lipinski definition) is 1. The van der Waals surface area contributed by atoms with E-state index in [2.05, 4.69) is 10.2 Å². The lowest BCUT2D eigenvalue weighted by Gasteiger charge is -2.31. The van der Waals surface area contributed by atoms with E-state index in [0.717, 1.165) is 18.6 Å². The Labute approximate surface area is 106 Å². The van der Waals surface area contributed by atoms with Gasteiger partial charge in [-0.05, 0) is 44.7 Å². The third kappa shape index (κ3) is 4.57. The number of piperidine rings is 1. The van der Waals surface area contributed by atoms with E-state index in [1.165, 1.54) is 64.7 Å². The van der Waals surface area contributed by atoms with Gasteiger partial charge >= 0.3 is 0 Å². The smallest absolute Gasteiger partial charge is 0.0491 e. The summed E-state index contributed by atoms with van der Waals surface area (Å²) in [7, 11) is 1.82. The monoisotopic (exact) mass is 240 g/mol. The second-order valence-corrected chi connectivity index (χ2v) is 5.68. The molecule has 0 unspecified atom stereocenters. The van der Waals surface area contributed by atoms with Crippen molar-refractivity contribution in [3.8, 4) is 0 Å². The third-order valence-electron chi connectivity index (χ3n) is 4.33. The predicted molar refractivity (Wildman–Crippen MR) is 71.3 cm³/mol. The normalized spacial score (nSPS) is 24.5. The topological polar surface area (TPSA) is 24.5 Å². The molecule has 1 aliphatic carbocycles. The van der Waals surface area contributed by atoms with Crippen molar-refractivity contribution in [3.63, 3.8) is 0 Å². The number of hydrogen-bond acceptors (Lipinski definition) is 3. The van der Waals surface area contributed by atoms with Crippen molar-refractivity contribution in [3.05, 3.63) is 0 Å². The van der Waals surface area contributed by atoms with Crippen molar-refractivity contribution in [2.45, 2.75) is 44.6 Å². The van der Waals surface area contributed by atoms with Gasteiger partial charge in [0.25, 0.3) is 0 Å². The molecule has 2 aliphatic rings. The molecule has 0 aromatic rings. The highest BCUT2D eigenvalue weighted by molar-refractivity contribution is 4.76. The number of nitrogens with one attached hydrogen (secondary N) is 1. The van der Waals surface area contributed by atoms with E-state index in [1.807, 2.05) is 7.11 Å². The Morgan fingerprint density at radius 2 is 1.82 bits per heavy atom. The Balaban J connectivity index is 1.52. The molecule has 0 aromatic carbocycles. The predicted octanol–water partition coefficient (Wildman–Crippen LogP) is 1.88. The highest BCUT2D eigenvalue weighted by atomic mass is 16.5. The van der Waals surface area contributed by atoms with Crippen molar-refractivity contribution < 1.29 is 4.74 Å². The van der Waals surface area contributed by atoms with Gasteiger partial charge in [0.2, 0.25) is 0 Å². The average molecular weight is 240 g/mol. The fourth-order valence-electron chi connectivity index (χ4n) is 3.17. The summed E-state index contributed by atoms with van der Waals surface area (Å²) < 4.78 is 5.23. The molecule has 100 valence electrons. The number of methoxy groups -OCH3 is 1. The number of nitrogens with zero attached hydrogens (tertiary/aromatic N) is 1. The molecular formula is C14H28N2O. The summed E-state index contributed by atoms with van der Waals surface area (Å²) in [4.78, 5) is 2.61. The second kappa shape index (κ2) is 7.34. The zero-order valence-corrected chi connectivity index (χ0v) is 11.3. The summed E-state index contributed by atoms with van der Waals surface area (Å²) in [5.74, 6) is 0.805. The van der Waals surface area contributed by atoms with E-state index < -0.39 is 0 Å². The first-order valence-corrected chi connectivity index (χ1v) is 7.33. The van der Waals surface area contributed by atoms with Crippen LogP contribution in [0.25, 0.3) is 0 Å². The molecule has 0 atom stereocenters. The first kappa shape index (κ1) is 13.3. The highest BCUT2D eigenvalue weighted by Crippen LogP contribution is 2.18. The average Bonchev–Trinajstić information content (AvgIpc) is 2.85. The van der Waals surface area contributed by atoms with Gasteiger partial charge in [0.1, 0.15) is 0 Å². The molecule has 1 aliphatic heterocycles. The maximum Gasteiger partial charge on any atom is 0.0491 e. The van der Waals surface area contributed by atoms with Crippen molar-refractivity contribution in [2.24, 2.45) is 5.92 Å². The van der Waals surface area contributed by atoms with E-state index in [-0.39, 0.29) is 0 Å². The Hall–Kier alpha value is -0.120. The molecule has 0 aromatic heterocycles. The molecule has 0 radical (unpaired) electrons. The summed E-state index contributed by atoms with van der Waals surface area (Å²) in [6.45, 7) is 5.89. The lowest BCUT2D eigenvalue weighted by atomic mass is 9.98. The molecule has 1 saturated carbocycles. The Bertz CT molecular complexity index is 196. The van der Waals surface area contributed by atoms with Crippen molar-refractivity contribution in [2.75, 3.05) is 39.9 Å². The summed E-state index contributed by atoms with van der Waals surface area (Å²) in [6.07, 6.45) is 8.29. The molecule has 1 heterocycles. The molecule has 1 saturated heterocycles. The number of rotatable bonds is 6. The van der Waals surface area contributed by atoms with Gasteiger partial charge in [0.05, 0.1) is 0 Å². The molecule has 0 bridgehead atoms. The van der Waals surface area contributed by atoms with E-state index >= 15 is 0 Å². The van der Waals surface area contributed by atoms with Gasteiger partial charge in [0, 0.05) is 32.8 Å². The summed E-state index contributed by atoms with van der Waals surface area (Å²) in [5.41, 5.74) is 0. The van der Waals surface area contributed by atoms with Crippen LogP contribution in [0.4, 0.5) is 0 Å². The molecule has 0 amide bonds. The van der Waals surface area contributed by atoms with Gasteiger partial charge in [-0.15, -0.1) is 0 Å². The van der Waals surface area contributed by atoms with Crippen LogP contribution in [0, 0.1) is 5.92 Å². The second-order valence-electron chi connectivity index (χ2n) is 5.68. The largest absolute Gasteiger partial charge is 0.384 e. The van der Waals surface area contributed by atoms with Crippen LogP contribution in [0.15, 0.2) is 0 Å². The van der Waals surface area contributed by atoms with Gasteiger partial charge in [-0.1, -0.05) is 12.8 Å². The van der Waals surface area contributed by atoms with Gasteiger partial charge in [-0.2, -0.15) is 0 Å². The van der Waals surface area contributed by atoms with Crippen LogP contribution in [0.1, 0.15) is 38.5 Å². The standard InChI is InChI=1S/C14H28N2O/c1-17-12-13-6-9-16(10-7-13)11-8-15-14-4-2-3-5-14/h13-15H,2-12H2,1H3. The Morgan fingerprint density at radius 1 is 1.12 bits per heavy atom. The molecule has 3 nitrogen and oxygen atoms in total. The Kier molecular flexibility index (Phi) is 5.75. The van der Waals surface area contributed by atoms with Crippen LogP contribution in [-0.4, -0.2) is 50.8 Å². The number of likely N-dealkylation sites (tertiary alicyclic amines) is 1. The molecule has 2 rings (SSSR count).